The van der Waals surface area contributed by atoms with Crippen molar-refractivity contribution in [3.8, 4) is 0 Å². The van der Waals surface area contributed by atoms with Crippen molar-refractivity contribution in [3.63, 3.8) is 0 Å². The zero-order valence-electron chi connectivity index (χ0n) is 11.9. The number of likely N-dealkylation sites (tertiary alicyclic amines) is 1. The second kappa shape index (κ2) is 4.83. The predicted molar refractivity (Wildman–Crippen MR) is 78.1 cm³/mol. The van der Waals surface area contributed by atoms with Crippen molar-refractivity contribution in [2.45, 2.75) is 31.6 Å². The molecule has 1 saturated carbocycles. The fraction of sp³-hybridized carbons (Fsp3) is 0.562. The molecule has 2 heterocycles. The lowest BCUT2D eigenvalue weighted by Gasteiger charge is -2.17. The summed E-state index contributed by atoms with van der Waals surface area (Å²) in [5.41, 5.74) is 0.0980. The van der Waals surface area contributed by atoms with Crippen LogP contribution in [0.2, 0.25) is 0 Å². The van der Waals surface area contributed by atoms with Gasteiger partial charge in [0, 0.05) is 25.1 Å². The molecule has 3 aliphatic rings. The van der Waals surface area contributed by atoms with E-state index in [9.17, 15) is 9.59 Å². The minimum Gasteiger partial charge on any atom is -0.337 e. The average Bonchev–Trinajstić information content (AvgIpc) is 3.24. The number of carbonyl (C=O) groups excluding carboxylic acids is 1. The van der Waals surface area contributed by atoms with Crippen molar-refractivity contribution < 1.29 is 4.79 Å². The summed E-state index contributed by atoms with van der Waals surface area (Å²) in [6, 6.07) is 1.34. The zero-order chi connectivity index (χ0) is 14.4. The van der Waals surface area contributed by atoms with Crippen LogP contribution < -0.4 is 5.56 Å². The largest absolute Gasteiger partial charge is 0.337 e. The highest BCUT2D eigenvalue weighted by atomic mass is 16.2. The maximum Gasteiger partial charge on any atom is 0.272 e. The summed E-state index contributed by atoms with van der Waals surface area (Å²) in [6.07, 6.45) is 8.66. The molecule has 4 rings (SSSR count). The van der Waals surface area contributed by atoms with Crippen LogP contribution >= 0.6 is 0 Å². The molecule has 1 aliphatic heterocycles. The average molecular weight is 285 g/mol. The number of hydrogen-bond donors (Lipinski definition) is 1. The van der Waals surface area contributed by atoms with E-state index in [1.165, 1.54) is 6.07 Å². The molecule has 5 heteroatoms. The van der Waals surface area contributed by atoms with Crippen molar-refractivity contribution in [1.29, 1.82) is 0 Å². The van der Waals surface area contributed by atoms with Gasteiger partial charge in [-0.2, -0.15) is 0 Å². The summed E-state index contributed by atoms with van der Waals surface area (Å²) in [7, 11) is 0. The lowest BCUT2D eigenvalue weighted by atomic mass is 9.86. The number of nitrogens with one attached hydrogen (secondary N) is 1. The maximum absolute atomic E-state index is 12.6. The Hall–Kier alpha value is -1.91. The molecule has 1 aromatic heterocycles. The number of nitrogens with zero attached hydrogens (tertiary/aromatic N) is 2. The third-order valence-electron chi connectivity index (χ3n) is 4.85. The SMILES string of the molecule is O=C(c1cc(=O)[nH]c(C2CC2)n1)N1CC2CC=CCC2C1. The first-order chi connectivity index (χ1) is 10.2. The summed E-state index contributed by atoms with van der Waals surface area (Å²) >= 11 is 0. The lowest BCUT2D eigenvalue weighted by Crippen LogP contribution is -2.31. The molecular weight excluding hydrogens is 266 g/mol. The Labute approximate surface area is 123 Å². The van der Waals surface area contributed by atoms with Gasteiger partial charge in [-0.15, -0.1) is 0 Å². The quantitative estimate of drug-likeness (QED) is 0.841. The molecule has 2 aliphatic carbocycles. The molecule has 0 aromatic carbocycles. The minimum absolute atomic E-state index is 0.0857. The van der Waals surface area contributed by atoms with E-state index >= 15 is 0 Å². The van der Waals surface area contributed by atoms with Crippen molar-refractivity contribution in [2.24, 2.45) is 11.8 Å². The van der Waals surface area contributed by atoms with Gasteiger partial charge < -0.3 is 9.88 Å². The molecule has 2 atom stereocenters. The highest BCUT2D eigenvalue weighted by molar-refractivity contribution is 5.92. The zero-order valence-corrected chi connectivity index (χ0v) is 11.9. The third kappa shape index (κ3) is 2.41. The molecular formula is C16H19N3O2. The topological polar surface area (TPSA) is 66.1 Å². The van der Waals surface area contributed by atoms with Crippen LogP contribution in [-0.2, 0) is 0 Å². The van der Waals surface area contributed by atoms with Gasteiger partial charge in [0.1, 0.15) is 11.5 Å². The molecule has 1 amide bonds. The maximum atomic E-state index is 12.6. The van der Waals surface area contributed by atoms with E-state index in [2.05, 4.69) is 22.1 Å². The Morgan fingerprint density at radius 1 is 1.19 bits per heavy atom. The van der Waals surface area contributed by atoms with Crippen molar-refractivity contribution in [2.75, 3.05) is 13.1 Å². The fourth-order valence-corrected chi connectivity index (χ4v) is 3.48. The molecule has 21 heavy (non-hydrogen) atoms. The van der Waals surface area contributed by atoms with E-state index in [0.717, 1.165) is 38.8 Å². The van der Waals surface area contributed by atoms with E-state index in [4.69, 9.17) is 0 Å². The van der Waals surface area contributed by atoms with Gasteiger partial charge in [-0.1, -0.05) is 12.2 Å². The summed E-state index contributed by atoms with van der Waals surface area (Å²) in [5.74, 6) is 2.09. The van der Waals surface area contributed by atoms with Gasteiger partial charge in [-0.05, 0) is 37.5 Å². The molecule has 1 aromatic rings. The normalized spacial score (nSPS) is 27.7. The van der Waals surface area contributed by atoms with E-state index < -0.39 is 0 Å². The molecule has 0 spiro atoms. The number of carbonyl (C=O) groups is 1. The van der Waals surface area contributed by atoms with Gasteiger partial charge >= 0.3 is 0 Å². The van der Waals surface area contributed by atoms with Crippen LogP contribution in [0.5, 0.6) is 0 Å². The summed E-state index contributed by atoms with van der Waals surface area (Å²) in [5, 5.41) is 0. The summed E-state index contributed by atoms with van der Waals surface area (Å²) in [4.78, 5) is 33.4. The standard InChI is InChI=1S/C16H19N3O2/c20-14-7-13(17-15(18-14)10-5-6-10)16(21)19-8-11-3-1-2-4-12(11)9-19/h1-2,7,10-12H,3-6,8-9H2,(H,17,18,20). The number of aromatic amines is 1. The van der Waals surface area contributed by atoms with Crippen LogP contribution in [0.1, 0.15) is 47.9 Å². The Morgan fingerprint density at radius 2 is 1.86 bits per heavy atom. The number of H-pyrrole nitrogens is 1. The molecule has 5 nitrogen and oxygen atoms in total. The number of amides is 1. The summed E-state index contributed by atoms with van der Waals surface area (Å²) < 4.78 is 0. The van der Waals surface area contributed by atoms with E-state index in [1.54, 1.807) is 0 Å². The van der Waals surface area contributed by atoms with E-state index in [0.29, 0.717) is 29.3 Å². The van der Waals surface area contributed by atoms with Crippen LogP contribution in [-0.4, -0.2) is 33.9 Å². The summed E-state index contributed by atoms with van der Waals surface area (Å²) in [6.45, 7) is 1.59. The Kier molecular flexibility index (Phi) is 2.94. The molecule has 110 valence electrons. The predicted octanol–water partition coefficient (Wildman–Crippen LogP) is 1.69. The Balaban J connectivity index is 1.56. The third-order valence-corrected chi connectivity index (χ3v) is 4.85. The highest BCUT2D eigenvalue weighted by Crippen LogP contribution is 2.37. The molecule has 2 unspecified atom stereocenters. The van der Waals surface area contributed by atoms with Crippen LogP contribution in [0.25, 0.3) is 0 Å². The highest BCUT2D eigenvalue weighted by Gasteiger charge is 2.36. The molecule has 2 fully saturated rings. The second-order valence-electron chi connectivity index (χ2n) is 6.46. The number of allylic oxidation sites excluding steroid dienone is 2. The van der Waals surface area contributed by atoms with E-state index in [1.807, 2.05) is 4.90 Å². The van der Waals surface area contributed by atoms with Crippen LogP contribution in [0, 0.1) is 11.8 Å². The van der Waals surface area contributed by atoms with Gasteiger partial charge in [0.25, 0.3) is 11.5 Å². The Bertz CT molecular complexity index is 644. The van der Waals surface area contributed by atoms with Crippen LogP contribution in [0.3, 0.4) is 0 Å². The number of aromatic nitrogens is 2. The first-order valence-electron chi connectivity index (χ1n) is 7.76. The van der Waals surface area contributed by atoms with Crippen LogP contribution in [0.15, 0.2) is 23.0 Å². The van der Waals surface area contributed by atoms with Gasteiger partial charge in [0.2, 0.25) is 0 Å². The van der Waals surface area contributed by atoms with Gasteiger partial charge in [0.15, 0.2) is 0 Å². The molecule has 0 radical (unpaired) electrons. The van der Waals surface area contributed by atoms with E-state index in [-0.39, 0.29) is 11.5 Å². The van der Waals surface area contributed by atoms with Crippen molar-refractivity contribution >= 4 is 5.91 Å². The number of rotatable bonds is 2. The fourth-order valence-electron chi connectivity index (χ4n) is 3.48. The monoisotopic (exact) mass is 285 g/mol. The first kappa shape index (κ1) is 12.8. The minimum atomic E-state index is -0.214. The lowest BCUT2D eigenvalue weighted by molar-refractivity contribution is 0.0777. The van der Waals surface area contributed by atoms with Gasteiger partial charge in [-0.25, -0.2) is 4.98 Å². The van der Waals surface area contributed by atoms with Gasteiger partial charge in [0.05, 0.1) is 0 Å². The molecule has 1 N–H and O–H groups in total. The van der Waals surface area contributed by atoms with Gasteiger partial charge in [-0.3, -0.25) is 9.59 Å². The Morgan fingerprint density at radius 3 is 2.48 bits per heavy atom. The first-order valence-corrected chi connectivity index (χ1v) is 7.76. The van der Waals surface area contributed by atoms with Crippen molar-refractivity contribution in [1.82, 2.24) is 14.9 Å². The smallest absolute Gasteiger partial charge is 0.272 e. The molecule has 0 bridgehead atoms. The second-order valence-corrected chi connectivity index (χ2v) is 6.46. The number of hydrogen-bond acceptors (Lipinski definition) is 3. The number of fused-ring (bicyclic) bond motifs is 1. The van der Waals surface area contributed by atoms with Crippen molar-refractivity contribution in [3.05, 3.63) is 40.1 Å². The van der Waals surface area contributed by atoms with Crippen LogP contribution in [0.4, 0.5) is 0 Å². The molecule has 1 saturated heterocycles.